The highest BCUT2D eigenvalue weighted by molar-refractivity contribution is 5.85. The van der Waals surface area contributed by atoms with Crippen LogP contribution in [-0.4, -0.2) is 5.78 Å². The number of nitrogens with zero attached hydrogens (tertiary/aromatic N) is 1. The summed E-state index contributed by atoms with van der Waals surface area (Å²) in [5.74, 6) is 0.184. The average molecular weight is 177 g/mol. The maximum Gasteiger partial charge on any atom is 0.141 e. The Morgan fingerprint density at radius 1 is 1.77 bits per heavy atom. The SMILES string of the molecule is C=C(C)C1CCC(C)(C#N)CC1=O. The largest absolute Gasteiger partial charge is 0.299 e. The van der Waals surface area contributed by atoms with Crippen LogP contribution in [0.3, 0.4) is 0 Å². The number of rotatable bonds is 1. The van der Waals surface area contributed by atoms with Crippen molar-refractivity contribution in [2.75, 3.05) is 0 Å². The summed E-state index contributed by atoms with van der Waals surface area (Å²) in [7, 11) is 0. The Kier molecular flexibility index (Phi) is 2.56. The van der Waals surface area contributed by atoms with E-state index in [9.17, 15) is 4.79 Å². The number of Topliss-reactive ketones (excluding diaryl/α,β-unsaturated/α-hetero) is 1. The van der Waals surface area contributed by atoms with Gasteiger partial charge in [-0.2, -0.15) is 5.26 Å². The lowest BCUT2D eigenvalue weighted by Crippen LogP contribution is -2.31. The van der Waals surface area contributed by atoms with Crippen LogP contribution >= 0.6 is 0 Å². The molecule has 0 aliphatic heterocycles. The zero-order valence-corrected chi connectivity index (χ0v) is 8.26. The number of hydrogen-bond donors (Lipinski definition) is 0. The molecule has 1 aliphatic carbocycles. The van der Waals surface area contributed by atoms with Gasteiger partial charge < -0.3 is 0 Å². The smallest absolute Gasteiger partial charge is 0.141 e. The molecule has 1 fully saturated rings. The van der Waals surface area contributed by atoms with E-state index in [1.54, 1.807) is 0 Å². The van der Waals surface area contributed by atoms with E-state index in [0.29, 0.717) is 6.42 Å². The fourth-order valence-electron chi connectivity index (χ4n) is 1.84. The van der Waals surface area contributed by atoms with Gasteiger partial charge in [-0.15, -0.1) is 0 Å². The van der Waals surface area contributed by atoms with Gasteiger partial charge >= 0.3 is 0 Å². The van der Waals surface area contributed by atoms with Crippen LogP contribution in [-0.2, 0) is 4.79 Å². The third kappa shape index (κ3) is 1.98. The molecule has 2 unspecified atom stereocenters. The molecule has 0 spiro atoms. The van der Waals surface area contributed by atoms with Crippen molar-refractivity contribution in [1.82, 2.24) is 0 Å². The molecule has 1 aliphatic rings. The molecule has 0 N–H and O–H groups in total. The van der Waals surface area contributed by atoms with Crippen molar-refractivity contribution in [1.29, 1.82) is 5.26 Å². The van der Waals surface area contributed by atoms with Crippen LogP contribution in [0, 0.1) is 22.7 Å². The van der Waals surface area contributed by atoms with Gasteiger partial charge in [-0.3, -0.25) is 4.79 Å². The lowest BCUT2D eigenvalue weighted by Gasteiger charge is -2.30. The van der Waals surface area contributed by atoms with Crippen LogP contribution in [0.4, 0.5) is 0 Å². The molecule has 1 saturated carbocycles. The fourth-order valence-corrected chi connectivity index (χ4v) is 1.84. The summed E-state index contributed by atoms with van der Waals surface area (Å²) in [5, 5.41) is 8.87. The first-order chi connectivity index (χ1) is 5.98. The van der Waals surface area contributed by atoms with Gasteiger partial charge in [0.15, 0.2) is 0 Å². The Morgan fingerprint density at radius 3 is 2.77 bits per heavy atom. The second kappa shape index (κ2) is 3.33. The minimum Gasteiger partial charge on any atom is -0.299 e. The Hall–Kier alpha value is -1.10. The molecule has 0 bridgehead atoms. The zero-order chi connectivity index (χ0) is 10.1. The maximum atomic E-state index is 11.6. The van der Waals surface area contributed by atoms with Gasteiger partial charge in [0.2, 0.25) is 0 Å². The molecule has 0 aromatic rings. The highest BCUT2D eigenvalue weighted by Gasteiger charge is 2.36. The van der Waals surface area contributed by atoms with Crippen molar-refractivity contribution in [2.45, 2.75) is 33.1 Å². The number of carbonyl (C=O) groups is 1. The summed E-state index contributed by atoms with van der Waals surface area (Å²) in [4.78, 5) is 11.6. The van der Waals surface area contributed by atoms with Gasteiger partial charge in [0.25, 0.3) is 0 Å². The number of hydrogen-bond acceptors (Lipinski definition) is 2. The standard InChI is InChI=1S/C11H15NO/c1-8(2)9-4-5-11(3,7-12)6-10(9)13/h9H,1,4-6H2,2-3H3. The molecule has 1 rings (SSSR count). The van der Waals surface area contributed by atoms with Crippen molar-refractivity contribution in [3.8, 4) is 6.07 Å². The monoisotopic (exact) mass is 177 g/mol. The van der Waals surface area contributed by atoms with Gasteiger partial charge in [-0.1, -0.05) is 12.2 Å². The summed E-state index contributed by atoms with van der Waals surface area (Å²) >= 11 is 0. The molecular weight excluding hydrogens is 162 g/mol. The number of ketones is 1. The van der Waals surface area contributed by atoms with Gasteiger partial charge in [-0.05, 0) is 26.7 Å². The fraction of sp³-hybridized carbons (Fsp3) is 0.636. The minimum absolute atomic E-state index is 0.00132. The zero-order valence-electron chi connectivity index (χ0n) is 8.26. The first-order valence-electron chi connectivity index (χ1n) is 4.58. The van der Waals surface area contributed by atoms with Crippen molar-refractivity contribution in [3.05, 3.63) is 12.2 Å². The van der Waals surface area contributed by atoms with Crippen LogP contribution in [0.1, 0.15) is 33.1 Å². The molecule has 0 heterocycles. The van der Waals surface area contributed by atoms with Gasteiger partial charge in [-0.25, -0.2) is 0 Å². The lowest BCUT2D eigenvalue weighted by molar-refractivity contribution is -0.125. The highest BCUT2D eigenvalue weighted by Crippen LogP contribution is 2.37. The summed E-state index contributed by atoms with van der Waals surface area (Å²) in [6, 6.07) is 2.22. The highest BCUT2D eigenvalue weighted by atomic mass is 16.1. The molecule has 2 heteroatoms. The van der Waals surface area contributed by atoms with Crippen molar-refractivity contribution in [3.63, 3.8) is 0 Å². The Balaban J connectivity index is 2.74. The minimum atomic E-state index is -0.428. The molecular formula is C11H15NO. The van der Waals surface area contributed by atoms with Gasteiger partial charge in [0.1, 0.15) is 5.78 Å². The maximum absolute atomic E-state index is 11.6. The van der Waals surface area contributed by atoms with E-state index in [1.807, 2.05) is 13.8 Å². The predicted octanol–water partition coefficient (Wildman–Crippen LogP) is 2.46. The van der Waals surface area contributed by atoms with E-state index < -0.39 is 5.41 Å². The van der Waals surface area contributed by atoms with E-state index in [0.717, 1.165) is 18.4 Å². The lowest BCUT2D eigenvalue weighted by atomic mass is 9.70. The van der Waals surface area contributed by atoms with E-state index in [4.69, 9.17) is 5.26 Å². The molecule has 2 nitrogen and oxygen atoms in total. The summed E-state index contributed by atoms with van der Waals surface area (Å²) in [5.41, 5.74) is 0.508. The van der Waals surface area contributed by atoms with Crippen molar-refractivity contribution >= 4 is 5.78 Å². The predicted molar refractivity (Wildman–Crippen MR) is 50.9 cm³/mol. The van der Waals surface area contributed by atoms with E-state index >= 15 is 0 Å². The topological polar surface area (TPSA) is 40.9 Å². The first-order valence-corrected chi connectivity index (χ1v) is 4.58. The van der Waals surface area contributed by atoms with Crippen molar-refractivity contribution in [2.24, 2.45) is 11.3 Å². The molecule has 0 radical (unpaired) electrons. The summed E-state index contributed by atoms with van der Waals surface area (Å²) in [6.45, 7) is 7.55. The quantitative estimate of drug-likeness (QED) is 0.577. The number of nitriles is 1. The molecule has 2 atom stereocenters. The Morgan fingerprint density at radius 2 is 2.38 bits per heavy atom. The average Bonchev–Trinajstić information content (AvgIpc) is 2.03. The number of carbonyl (C=O) groups excluding carboxylic acids is 1. The van der Waals surface area contributed by atoms with Crippen LogP contribution in [0.15, 0.2) is 12.2 Å². The first kappa shape index (κ1) is 9.98. The summed E-state index contributed by atoms with van der Waals surface area (Å²) < 4.78 is 0. The van der Waals surface area contributed by atoms with Crippen LogP contribution < -0.4 is 0 Å². The second-order valence-electron chi connectivity index (χ2n) is 4.25. The van der Waals surface area contributed by atoms with Gasteiger partial charge in [0.05, 0.1) is 11.5 Å². The van der Waals surface area contributed by atoms with Crippen molar-refractivity contribution < 1.29 is 4.79 Å². The second-order valence-corrected chi connectivity index (χ2v) is 4.25. The molecule has 0 aromatic carbocycles. The van der Waals surface area contributed by atoms with E-state index in [-0.39, 0.29) is 11.7 Å². The van der Waals surface area contributed by atoms with E-state index in [1.165, 1.54) is 0 Å². The van der Waals surface area contributed by atoms with Crippen LogP contribution in [0.5, 0.6) is 0 Å². The summed E-state index contributed by atoms with van der Waals surface area (Å²) in [6.07, 6.45) is 1.99. The van der Waals surface area contributed by atoms with Gasteiger partial charge in [0, 0.05) is 12.3 Å². The molecule has 13 heavy (non-hydrogen) atoms. The van der Waals surface area contributed by atoms with Crippen LogP contribution in [0.25, 0.3) is 0 Å². The van der Waals surface area contributed by atoms with E-state index in [2.05, 4.69) is 12.6 Å². The third-order valence-electron chi connectivity index (χ3n) is 2.80. The molecule has 0 saturated heterocycles. The Labute approximate surface area is 79.2 Å². The molecule has 0 aromatic heterocycles. The molecule has 70 valence electrons. The Bertz CT molecular complexity index is 287. The van der Waals surface area contributed by atoms with Crippen LogP contribution in [0.2, 0.25) is 0 Å². The molecule has 0 amide bonds. The third-order valence-corrected chi connectivity index (χ3v) is 2.80. The normalized spacial score (nSPS) is 33.9. The number of allylic oxidation sites excluding steroid dienone is 1.